The molecule has 0 unspecified atom stereocenters. The molecule has 0 saturated heterocycles. The summed E-state index contributed by atoms with van der Waals surface area (Å²) in [6, 6.07) is 0. The van der Waals surface area contributed by atoms with Crippen LogP contribution in [-0.2, 0) is 9.53 Å². The average molecular weight is 400 g/mol. The predicted octanol–water partition coefficient (Wildman–Crippen LogP) is 1.11. The van der Waals surface area contributed by atoms with Gasteiger partial charge in [0.25, 0.3) is 0 Å². The van der Waals surface area contributed by atoms with E-state index >= 15 is 0 Å². The first-order valence-electron chi connectivity index (χ1n) is 6.40. The van der Waals surface area contributed by atoms with Crippen LogP contribution in [0.25, 0.3) is 0 Å². The fourth-order valence-electron chi connectivity index (χ4n) is 1.22. The van der Waals surface area contributed by atoms with Gasteiger partial charge in [-0.15, -0.1) is 24.0 Å². The van der Waals surface area contributed by atoms with Crippen molar-refractivity contribution >= 4 is 35.8 Å². The van der Waals surface area contributed by atoms with E-state index in [0.29, 0.717) is 12.5 Å². The van der Waals surface area contributed by atoms with Gasteiger partial charge in [0.2, 0.25) is 5.91 Å². The van der Waals surface area contributed by atoms with E-state index in [1.165, 1.54) is 0 Å². The van der Waals surface area contributed by atoms with Crippen LogP contribution in [0.5, 0.6) is 0 Å². The van der Waals surface area contributed by atoms with E-state index < -0.39 is 0 Å². The van der Waals surface area contributed by atoms with Crippen molar-refractivity contribution in [3.63, 3.8) is 0 Å². The number of hydrogen-bond donors (Lipinski definition) is 3. The molecule has 0 spiro atoms. The molecular formula is C13H29IN4O2. The summed E-state index contributed by atoms with van der Waals surface area (Å²) < 4.78 is 5.30. The van der Waals surface area contributed by atoms with E-state index in [0.717, 1.165) is 0 Å². The van der Waals surface area contributed by atoms with Gasteiger partial charge in [0.05, 0.1) is 12.1 Å². The number of nitrogens with one attached hydrogen (secondary N) is 3. The van der Waals surface area contributed by atoms with Gasteiger partial charge in [0.15, 0.2) is 5.96 Å². The van der Waals surface area contributed by atoms with Crippen LogP contribution in [0, 0.1) is 0 Å². The maximum atomic E-state index is 11.7. The molecule has 0 bridgehead atoms. The minimum absolute atomic E-state index is 0. The van der Waals surface area contributed by atoms with Crippen molar-refractivity contribution in [3.8, 4) is 0 Å². The maximum absolute atomic E-state index is 11.7. The van der Waals surface area contributed by atoms with E-state index in [4.69, 9.17) is 4.74 Å². The average Bonchev–Trinajstić information content (AvgIpc) is 2.27. The van der Waals surface area contributed by atoms with Gasteiger partial charge in [0.1, 0.15) is 0 Å². The zero-order chi connectivity index (χ0) is 15.1. The second-order valence-corrected chi connectivity index (χ2v) is 6.04. The summed E-state index contributed by atoms with van der Waals surface area (Å²) in [5.41, 5.74) is -0.515. The fourth-order valence-corrected chi connectivity index (χ4v) is 1.22. The molecule has 0 aliphatic rings. The Hall–Kier alpha value is -0.570. The number of nitrogens with zero attached hydrogens (tertiary/aromatic N) is 1. The third-order valence-corrected chi connectivity index (χ3v) is 2.39. The topological polar surface area (TPSA) is 74.8 Å². The Morgan fingerprint density at radius 2 is 1.70 bits per heavy atom. The van der Waals surface area contributed by atoms with Crippen LogP contribution in [0.4, 0.5) is 0 Å². The van der Waals surface area contributed by atoms with Gasteiger partial charge in [0, 0.05) is 26.2 Å². The first-order valence-corrected chi connectivity index (χ1v) is 6.40. The Morgan fingerprint density at radius 3 is 2.10 bits per heavy atom. The summed E-state index contributed by atoms with van der Waals surface area (Å²) in [5, 5.41) is 8.95. The van der Waals surface area contributed by atoms with Crippen LogP contribution >= 0.6 is 24.0 Å². The van der Waals surface area contributed by atoms with Gasteiger partial charge < -0.3 is 20.7 Å². The van der Waals surface area contributed by atoms with Crippen LogP contribution in [-0.4, -0.2) is 50.3 Å². The predicted molar refractivity (Wildman–Crippen MR) is 93.8 cm³/mol. The highest BCUT2D eigenvalue weighted by Crippen LogP contribution is 2.04. The number of carbonyl (C=O) groups is 1. The number of methoxy groups -OCH3 is 1. The molecular weight excluding hydrogens is 371 g/mol. The molecule has 0 aliphatic heterocycles. The number of amides is 1. The monoisotopic (exact) mass is 400 g/mol. The number of carbonyl (C=O) groups excluding carboxylic acids is 1. The molecule has 1 amide bonds. The molecule has 0 aromatic carbocycles. The normalized spacial score (nSPS) is 12.4. The number of halogens is 1. The van der Waals surface area contributed by atoms with Gasteiger partial charge in [-0.1, -0.05) is 0 Å². The Bertz CT molecular complexity index is 325. The molecule has 0 atom stereocenters. The van der Waals surface area contributed by atoms with Gasteiger partial charge in [-0.2, -0.15) is 0 Å². The minimum Gasteiger partial charge on any atom is -0.377 e. The minimum atomic E-state index is -0.286. The zero-order valence-electron chi connectivity index (χ0n) is 13.6. The van der Waals surface area contributed by atoms with Crippen molar-refractivity contribution in [2.24, 2.45) is 4.99 Å². The second-order valence-electron chi connectivity index (χ2n) is 6.04. The lowest BCUT2D eigenvalue weighted by Gasteiger charge is -2.25. The van der Waals surface area contributed by atoms with E-state index in [1.54, 1.807) is 14.2 Å². The highest BCUT2D eigenvalue weighted by Gasteiger charge is 2.17. The highest BCUT2D eigenvalue weighted by molar-refractivity contribution is 14.0. The SMILES string of the molecule is CN=C(NCC(=O)NC(C)(C)C)NCC(C)(C)OC.I. The maximum Gasteiger partial charge on any atom is 0.239 e. The molecule has 0 fully saturated rings. The number of rotatable bonds is 5. The number of guanidine groups is 1. The van der Waals surface area contributed by atoms with E-state index in [1.807, 2.05) is 34.6 Å². The Morgan fingerprint density at radius 1 is 1.15 bits per heavy atom. The molecule has 120 valence electrons. The Kier molecular flexibility index (Phi) is 10.2. The molecule has 0 aliphatic carbocycles. The lowest BCUT2D eigenvalue weighted by Crippen LogP contribution is -2.50. The standard InChI is InChI=1S/C13H28N4O2.HI/c1-12(2,3)17-10(18)8-15-11(14-6)16-9-13(4,5)19-7;/h8-9H2,1-7H3,(H,17,18)(H2,14,15,16);1H. The largest absolute Gasteiger partial charge is 0.377 e. The number of aliphatic imine (C=N–C) groups is 1. The van der Waals surface area contributed by atoms with Crippen molar-refractivity contribution in [2.75, 3.05) is 27.2 Å². The second kappa shape index (κ2) is 9.38. The van der Waals surface area contributed by atoms with E-state index in [2.05, 4.69) is 20.9 Å². The Labute approximate surface area is 139 Å². The van der Waals surface area contributed by atoms with Crippen molar-refractivity contribution in [3.05, 3.63) is 0 Å². The van der Waals surface area contributed by atoms with Crippen LogP contribution in [0.2, 0.25) is 0 Å². The quantitative estimate of drug-likeness (QED) is 0.367. The van der Waals surface area contributed by atoms with Crippen LogP contribution < -0.4 is 16.0 Å². The molecule has 0 saturated carbocycles. The summed E-state index contributed by atoms with van der Waals surface area (Å²) in [6.07, 6.45) is 0. The molecule has 6 nitrogen and oxygen atoms in total. The summed E-state index contributed by atoms with van der Waals surface area (Å²) in [5.74, 6) is 0.510. The number of ether oxygens (including phenoxy) is 1. The summed E-state index contributed by atoms with van der Waals surface area (Å²) >= 11 is 0. The zero-order valence-corrected chi connectivity index (χ0v) is 15.9. The summed E-state index contributed by atoms with van der Waals surface area (Å²) in [7, 11) is 3.32. The smallest absolute Gasteiger partial charge is 0.239 e. The van der Waals surface area contributed by atoms with Crippen molar-refractivity contribution in [1.29, 1.82) is 0 Å². The fraction of sp³-hybridized carbons (Fsp3) is 0.846. The van der Waals surface area contributed by atoms with Crippen molar-refractivity contribution in [2.45, 2.75) is 45.8 Å². The molecule has 0 rings (SSSR count). The molecule has 0 heterocycles. The summed E-state index contributed by atoms with van der Waals surface area (Å²) in [4.78, 5) is 15.7. The molecule has 7 heteroatoms. The lowest BCUT2D eigenvalue weighted by molar-refractivity contribution is -0.121. The van der Waals surface area contributed by atoms with E-state index in [-0.39, 0.29) is 47.6 Å². The third-order valence-electron chi connectivity index (χ3n) is 2.39. The first-order chi connectivity index (χ1) is 8.59. The molecule has 0 aromatic heterocycles. The Balaban J connectivity index is 0. The van der Waals surface area contributed by atoms with Crippen LogP contribution in [0.1, 0.15) is 34.6 Å². The molecule has 0 radical (unpaired) electrons. The van der Waals surface area contributed by atoms with E-state index in [9.17, 15) is 4.79 Å². The highest BCUT2D eigenvalue weighted by atomic mass is 127. The molecule has 0 aromatic rings. The first kappa shape index (κ1) is 21.7. The van der Waals surface area contributed by atoms with Crippen LogP contribution in [0.3, 0.4) is 0 Å². The number of hydrogen-bond acceptors (Lipinski definition) is 3. The van der Waals surface area contributed by atoms with Crippen molar-refractivity contribution < 1.29 is 9.53 Å². The van der Waals surface area contributed by atoms with Gasteiger partial charge in [-0.25, -0.2) is 0 Å². The molecule has 20 heavy (non-hydrogen) atoms. The molecule has 3 N–H and O–H groups in total. The van der Waals surface area contributed by atoms with Gasteiger partial charge in [-0.05, 0) is 34.6 Å². The van der Waals surface area contributed by atoms with Gasteiger partial charge in [-0.3, -0.25) is 9.79 Å². The summed E-state index contributed by atoms with van der Waals surface area (Å²) in [6.45, 7) is 10.6. The lowest BCUT2D eigenvalue weighted by atomic mass is 10.1. The van der Waals surface area contributed by atoms with Gasteiger partial charge >= 0.3 is 0 Å². The van der Waals surface area contributed by atoms with Crippen molar-refractivity contribution in [1.82, 2.24) is 16.0 Å². The van der Waals surface area contributed by atoms with Crippen LogP contribution in [0.15, 0.2) is 4.99 Å². The third kappa shape index (κ3) is 11.3.